The largest absolute Gasteiger partial charge is 0.353 e. The van der Waals surface area contributed by atoms with Crippen LogP contribution in [0.1, 0.15) is 40.5 Å². The topological polar surface area (TPSA) is 106 Å². The lowest BCUT2D eigenvalue weighted by Crippen LogP contribution is -2.44. The van der Waals surface area contributed by atoms with Crippen molar-refractivity contribution in [1.82, 2.24) is 10.6 Å². The Kier molecular flexibility index (Phi) is 6.65. The molecule has 124 valence electrons. The van der Waals surface area contributed by atoms with Crippen LogP contribution in [0.15, 0.2) is 10.6 Å². The molecule has 0 unspecified atom stereocenters. The highest BCUT2D eigenvalue weighted by Crippen LogP contribution is 2.41. The van der Waals surface area contributed by atoms with E-state index in [4.69, 9.17) is 5.26 Å². The van der Waals surface area contributed by atoms with Gasteiger partial charge in [-0.25, -0.2) is 0 Å². The molecular weight excluding hydrogens is 312 g/mol. The maximum atomic E-state index is 12.0. The van der Waals surface area contributed by atoms with Gasteiger partial charge in [0.2, 0.25) is 11.8 Å². The third-order valence-corrected chi connectivity index (χ3v) is 4.81. The molecule has 2 N–H and O–H groups in total. The van der Waals surface area contributed by atoms with Crippen LogP contribution in [0.25, 0.3) is 0 Å². The zero-order valence-electron chi connectivity index (χ0n) is 13.9. The van der Waals surface area contributed by atoms with E-state index in [1.54, 1.807) is 13.8 Å². The first-order valence-electron chi connectivity index (χ1n) is 7.55. The molecule has 0 aliphatic carbocycles. The average molecular weight is 334 g/mol. The summed E-state index contributed by atoms with van der Waals surface area (Å²) in [5, 5.41) is 24.4. The minimum atomic E-state index is -0.917. The number of nitriles is 2. The molecule has 0 aromatic carbocycles. The van der Waals surface area contributed by atoms with Crippen LogP contribution in [0.3, 0.4) is 0 Å². The zero-order valence-corrected chi connectivity index (χ0v) is 14.7. The normalized spacial score (nSPS) is 21.0. The molecule has 6 nitrogen and oxygen atoms in total. The molecule has 0 spiro atoms. The van der Waals surface area contributed by atoms with Crippen molar-refractivity contribution < 1.29 is 9.59 Å². The molecule has 7 heteroatoms. The van der Waals surface area contributed by atoms with E-state index in [0.717, 1.165) is 24.6 Å². The first kappa shape index (κ1) is 19.1. The van der Waals surface area contributed by atoms with E-state index in [9.17, 15) is 14.9 Å². The van der Waals surface area contributed by atoms with Gasteiger partial charge in [-0.15, -0.1) is 0 Å². The molecule has 0 aromatic heterocycles. The van der Waals surface area contributed by atoms with Crippen molar-refractivity contribution in [2.45, 2.75) is 46.6 Å². The molecule has 0 fully saturated rings. The fourth-order valence-corrected chi connectivity index (χ4v) is 3.48. The average Bonchev–Trinajstić information content (AvgIpc) is 2.44. The van der Waals surface area contributed by atoms with Gasteiger partial charge in [0.15, 0.2) is 0 Å². The van der Waals surface area contributed by atoms with Crippen LogP contribution >= 0.6 is 11.8 Å². The number of nitrogens with one attached hydrogen (secondary N) is 2. The monoisotopic (exact) mass is 334 g/mol. The van der Waals surface area contributed by atoms with Crippen LogP contribution in [0.2, 0.25) is 0 Å². The second-order valence-electron chi connectivity index (χ2n) is 6.13. The molecule has 0 bridgehead atoms. The summed E-state index contributed by atoms with van der Waals surface area (Å²) in [4.78, 5) is 24.0. The van der Waals surface area contributed by atoms with Gasteiger partial charge in [-0.2, -0.15) is 10.5 Å². The quantitative estimate of drug-likeness (QED) is 0.773. The van der Waals surface area contributed by atoms with Crippen molar-refractivity contribution in [2.75, 3.05) is 5.75 Å². The number of hydrogen-bond donors (Lipinski definition) is 2. The minimum Gasteiger partial charge on any atom is -0.353 e. The summed E-state index contributed by atoms with van der Waals surface area (Å²) >= 11 is 1.12. The summed E-state index contributed by atoms with van der Waals surface area (Å²) in [6, 6.07) is 4.12. The molecule has 1 heterocycles. The lowest BCUT2D eigenvalue weighted by atomic mass is 9.72. The Bertz CT molecular complexity index is 598. The Morgan fingerprint density at radius 3 is 2.65 bits per heavy atom. The molecule has 1 aliphatic rings. The van der Waals surface area contributed by atoms with Gasteiger partial charge in [0.25, 0.3) is 0 Å². The smallest absolute Gasteiger partial charge is 0.243 e. The number of rotatable bonds is 6. The van der Waals surface area contributed by atoms with Gasteiger partial charge >= 0.3 is 0 Å². The second-order valence-corrected chi connectivity index (χ2v) is 7.12. The zero-order chi connectivity index (χ0) is 17.6. The van der Waals surface area contributed by atoms with Crippen molar-refractivity contribution in [3.8, 4) is 12.1 Å². The standard InChI is InChI=1S/C16H22N4O2S/c1-5-6-10(2)19-13(21)9-23-15-12(8-18)16(3,4)11(7-17)14(22)20-15/h10-11H,5-6,9H2,1-4H3,(H,19,21)(H,20,22)/t10-,11-/m1/s1. The van der Waals surface area contributed by atoms with Crippen LogP contribution in [0, 0.1) is 34.0 Å². The molecule has 0 aromatic rings. The Morgan fingerprint density at radius 1 is 1.48 bits per heavy atom. The number of allylic oxidation sites excluding steroid dienone is 1. The Hall–Kier alpha value is -1.99. The van der Waals surface area contributed by atoms with Gasteiger partial charge in [0, 0.05) is 11.5 Å². The van der Waals surface area contributed by atoms with Gasteiger partial charge in [0.1, 0.15) is 5.92 Å². The second kappa shape index (κ2) is 8.03. The van der Waals surface area contributed by atoms with E-state index in [2.05, 4.69) is 16.7 Å². The molecule has 0 saturated carbocycles. The Balaban J connectivity index is 2.84. The van der Waals surface area contributed by atoms with Crippen LogP contribution in [-0.2, 0) is 9.59 Å². The number of amides is 2. The van der Waals surface area contributed by atoms with Crippen LogP contribution in [0.4, 0.5) is 0 Å². The molecule has 2 atom stereocenters. The first-order chi connectivity index (χ1) is 10.8. The maximum Gasteiger partial charge on any atom is 0.243 e. The summed E-state index contributed by atoms with van der Waals surface area (Å²) in [5.41, 5.74) is -0.539. The van der Waals surface area contributed by atoms with Crippen molar-refractivity contribution in [3.05, 3.63) is 10.6 Å². The molecule has 0 radical (unpaired) electrons. The highest BCUT2D eigenvalue weighted by molar-refractivity contribution is 8.03. The summed E-state index contributed by atoms with van der Waals surface area (Å²) in [7, 11) is 0. The van der Waals surface area contributed by atoms with Gasteiger partial charge in [-0.05, 0) is 13.3 Å². The number of thioether (sulfide) groups is 1. The fraction of sp³-hybridized carbons (Fsp3) is 0.625. The highest BCUT2D eigenvalue weighted by Gasteiger charge is 2.44. The molecule has 1 aliphatic heterocycles. The molecule has 1 rings (SSSR count). The van der Waals surface area contributed by atoms with Crippen LogP contribution < -0.4 is 10.6 Å². The van der Waals surface area contributed by atoms with E-state index in [0.29, 0.717) is 10.6 Å². The van der Waals surface area contributed by atoms with E-state index < -0.39 is 17.2 Å². The van der Waals surface area contributed by atoms with Crippen molar-refractivity contribution >= 4 is 23.6 Å². The Morgan fingerprint density at radius 2 is 2.13 bits per heavy atom. The lowest BCUT2D eigenvalue weighted by molar-refractivity contribution is -0.125. The molecule has 0 saturated heterocycles. The highest BCUT2D eigenvalue weighted by atomic mass is 32.2. The van der Waals surface area contributed by atoms with E-state index in [-0.39, 0.29) is 17.7 Å². The van der Waals surface area contributed by atoms with E-state index in [1.165, 1.54) is 0 Å². The van der Waals surface area contributed by atoms with Crippen molar-refractivity contribution in [1.29, 1.82) is 10.5 Å². The molecule has 2 amide bonds. The summed E-state index contributed by atoms with van der Waals surface area (Å²) < 4.78 is 0. The third kappa shape index (κ3) is 4.49. The SMILES string of the molecule is CCC[C@@H](C)NC(=O)CSC1=C(C#N)C(C)(C)[C@H](C#N)C(=O)N1. The van der Waals surface area contributed by atoms with Crippen molar-refractivity contribution in [3.63, 3.8) is 0 Å². The summed E-state index contributed by atoms with van der Waals surface area (Å²) in [6.07, 6.45) is 1.88. The van der Waals surface area contributed by atoms with Gasteiger partial charge in [-0.3, -0.25) is 9.59 Å². The molecule has 23 heavy (non-hydrogen) atoms. The number of carbonyl (C=O) groups excluding carboxylic acids is 2. The predicted molar refractivity (Wildman–Crippen MR) is 88.6 cm³/mol. The summed E-state index contributed by atoms with van der Waals surface area (Å²) in [5.74, 6) is -1.38. The van der Waals surface area contributed by atoms with Crippen LogP contribution in [-0.4, -0.2) is 23.6 Å². The number of carbonyl (C=O) groups is 2. The van der Waals surface area contributed by atoms with E-state index in [1.807, 2.05) is 19.9 Å². The van der Waals surface area contributed by atoms with Gasteiger partial charge in [0.05, 0.1) is 28.5 Å². The van der Waals surface area contributed by atoms with E-state index >= 15 is 0 Å². The van der Waals surface area contributed by atoms with Gasteiger partial charge < -0.3 is 10.6 Å². The minimum absolute atomic E-state index is 0.0953. The molecular formula is C16H22N4O2S. The number of nitrogens with zero attached hydrogens (tertiary/aromatic N) is 2. The first-order valence-corrected chi connectivity index (χ1v) is 8.53. The van der Waals surface area contributed by atoms with Gasteiger partial charge in [-0.1, -0.05) is 39.0 Å². The number of hydrogen-bond acceptors (Lipinski definition) is 5. The van der Waals surface area contributed by atoms with Crippen molar-refractivity contribution in [2.24, 2.45) is 11.3 Å². The third-order valence-electron chi connectivity index (χ3n) is 3.81. The fourth-order valence-electron chi connectivity index (χ4n) is 2.49. The Labute approximate surface area is 141 Å². The maximum absolute atomic E-state index is 12.0. The summed E-state index contributed by atoms with van der Waals surface area (Å²) in [6.45, 7) is 7.38. The van der Waals surface area contributed by atoms with Crippen LogP contribution in [0.5, 0.6) is 0 Å². The predicted octanol–water partition coefficient (Wildman–Crippen LogP) is 2.06. The lowest BCUT2D eigenvalue weighted by Gasteiger charge is -2.34.